The minimum atomic E-state index is -0.112. The van der Waals surface area contributed by atoms with Crippen molar-refractivity contribution in [3.8, 4) is 11.4 Å². The molecule has 0 saturated carbocycles. The van der Waals surface area contributed by atoms with E-state index in [1.54, 1.807) is 12.3 Å². The second kappa shape index (κ2) is 5.90. The van der Waals surface area contributed by atoms with E-state index in [0.29, 0.717) is 11.2 Å². The lowest BCUT2D eigenvalue weighted by Gasteiger charge is -2.00. The van der Waals surface area contributed by atoms with E-state index < -0.39 is 0 Å². The summed E-state index contributed by atoms with van der Waals surface area (Å²) < 4.78 is 0. The normalized spacial score (nSPS) is 12.0. The summed E-state index contributed by atoms with van der Waals surface area (Å²) in [5.41, 5.74) is 2.64. The molecule has 0 atom stereocenters. The van der Waals surface area contributed by atoms with Gasteiger partial charge in [0.2, 0.25) is 0 Å². The summed E-state index contributed by atoms with van der Waals surface area (Å²) in [7, 11) is 0. The number of H-pyrrole nitrogens is 2. The zero-order chi connectivity index (χ0) is 16.5. The van der Waals surface area contributed by atoms with Crippen molar-refractivity contribution in [2.45, 2.75) is 6.92 Å². The maximum absolute atomic E-state index is 12.1. The monoisotopic (exact) mass is 334 g/mol. The van der Waals surface area contributed by atoms with Crippen molar-refractivity contribution in [2.24, 2.45) is 0 Å². The summed E-state index contributed by atoms with van der Waals surface area (Å²) in [4.78, 5) is 27.8. The molecule has 0 unspecified atom stereocenters. The molecule has 6 heteroatoms. The van der Waals surface area contributed by atoms with Gasteiger partial charge in [0.1, 0.15) is 16.5 Å². The van der Waals surface area contributed by atoms with Crippen LogP contribution in [-0.4, -0.2) is 19.9 Å². The van der Waals surface area contributed by atoms with Crippen LogP contribution in [0.3, 0.4) is 0 Å². The lowest BCUT2D eigenvalue weighted by atomic mass is 10.2. The third kappa shape index (κ3) is 2.68. The number of rotatable bonds is 3. The molecule has 4 aromatic rings. The van der Waals surface area contributed by atoms with E-state index in [-0.39, 0.29) is 5.56 Å². The summed E-state index contributed by atoms with van der Waals surface area (Å²) >= 11 is 1.46. The van der Waals surface area contributed by atoms with Gasteiger partial charge in [0, 0.05) is 5.56 Å². The van der Waals surface area contributed by atoms with Gasteiger partial charge in [0.05, 0.1) is 17.3 Å². The van der Waals surface area contributed by atoms with Crippen LogP contribution in [0.4, 0.5) is 0 Å². The largest absolute Gasteiger partial charge is 0.338 e. The van der Waals surface area contributed by atoms with Crippen LogP contribution in [0.2, 0.25) is 0 Å². The van der Waals surface area contributed by atoms with Gasteiger partial charge in [0.15, 0.2) is 0 Å². The van der Waals surface area contributed by atoms with Crippen molar-refractivity contribution in [2.75, 3.05) is 0 Å². The molecule has 118 valence electrons. The highest BCUT2D eigenvalue weighted by Gasteiger charge is 2.07. The average Bonchev–Trinajstić information content (AvgIpc) is 3.25. The number of thiophene rings is 1. The van der Waals surface area contributed by atoms with Crippen molar-refractivity contribution in [3.05, 3.63) is 69.8 Å². The Balaban J connectivity index is 1.69. The number of hydrogen-bond donors (Lipinski definition) is 2. The molecular formula is C18H14N4OS. The first kappa shape index (κ1) is 14.6. The van der Waals surface area contributed by atoms with Gasteiger partial charge in [-0.3, -0.25) is 4.79 Å². The molecule has 3 aromatic heterocycles. The Bertz CT molecular complexity index is 1090. The van der Waals surface area contributed by atoms with Crippen molar-refractivity contribution >= 4 is 33.2 Å². The maximum Gasteiger partial charge on any atom is 0.259 e. The molecule has 3 heterocycles. The van der Waals surface area contributed by atoms with Gasteiger partial charge in [0.25, 0.3) is 5.56 Å². The highest BCUT2D eigenvalue weighted by molar-refractivity contribution is 7.16. The molecule has 2 N–H and O–H groups in total. The van der Waals surface area contributed by atoms with Gasteiger partial charge in [-0.15, -0.1) is 11.3 Å². The number of fused-ring (bicyclic) bond motifs is 1. The van der Waals surface area contributed by atoms with Crippen LogP contribution in [-0.2, 0) is 0 Å². The summed E-state index contributed by atoms with van der Waals surface area (Å²) in [6, 6.07) is 11.7. The van der Waals surface area contributed by atoms with Crippen LogP contribution < -0.4 is 5.56 Å². The molecule has 24 heavy (non-hydrogen) atoms. The molecule has 0 aliphatic carbocycles. The van der Waals surface area contributed by atoms with Gasteiger partial charge < -0.3 is 9.97 Å². The molecule has 0 radical (unpaired) electrons. The molecule has 0 fully saturated rings. The van der Waals surface area contributed by atoms with E-state index in [9.17, 15) is 4.79 Å². The highest BCUT2D eigenvalue weighted by atomic mass is 32.1. The Morgan fingerprint density at radius 3 is 2.83 bits per heavy atom. The van der Waals surface area contributed by atoms with E-state index >= 15 is 0 Å². The fourth-order valence-corrected chi connectivity index (χ4v) is 3.27. The minimum Gasteiger partial charge on any atom is -0.338 e. The molecule has 0 spiro atoms. The zero-order valence-electron chi connectivity index (χ0n) is 12.9. The lowest BCUT2D eigenvalue weighted by Crippen LogP contribution is -2.09. The number of aromatic amines is 2. The number of allylic oxidation sites excluding steroid dienone is 1. The Labute approximate surface area is 141 Å². The molecular weight excluding hydrogens is 320 g/mol. The Morgan fingerprint density at radius 2 is 2.00 bits per heavy atom. The Morgan fingerprint density at radius 1 is 1.17 bits per heavy atom. The van der Waals surface area contributed by atoms with Crippen molar-refractivity contribution in [1.82, 2.24) is 19.9 Å². The third-order valence-electron chi connectivity index (χ3n) is 3.72. The fraction of sp³-hybridized carbons (Fsp3) is 0.0556. The number of hydrogen-bond acceptors (Lipinski definition) is 4. The van der Waals surface area contributed by atoms with E-state index in [1.807, 2.05) is 48.7 Å². The molecule has 0 aliphatic rings. The predicted molar refractivity (Wildman–Crippen MR) is 97.8 cm³/mol. The first-order valence-corrected chi connectivity index (χ1v) is 8.35. The van der Waals surface area contributed by atoms with Gasteiger partial charge >= 0.3 is 0 Å². The second-order valence-corrected chi connectivity index (χ2v) is 6.33. The Hall–Kier alpha value is -2.99. The summed E-state index contributed by atoms with van der Waals surface area (Å²) in [6.07, 6.45) is 3.70. The van der Waals surface area contributed by atoms with E-state index in [2.05, 4.69) is 19.9 Å². The molecule has 4 rings (SSSR count). The SMILES string of the molecule is CC(=Cc1cnc(-c2ccccc2)[nH]1)c1nc2sccc2c(=O)[nH]1. The number of benzene rings is 1. The van der Waals surface area contributed by atoms with E-state index in [0.717, 1.165) is 27.5 Å². The van der Waals surface area contributed by atoms with Crippen LogP contribution in [0.25, 0.3) is 33.3 Å². The third-order valence-corrected chi connectivity index (χ3v) is 4.53. The first-order valence-electron chi connectivity index (χ1n) is 7.47. The summed E-state index contributed by atoms with van der Waals surface area (Å²) in [6.45, 7) is 1.92. The van der Waals surface area contributed by atoms with E-state index in [1.165, 1.54) is 11.3 Å². The molecule has 0 amide bonds. The fourth-order valence-electron chi connectivity index (χ4n) is 2.50. The van der Waals surface area contributed by atoms with Gasteiger partial charge in [-0.1, -0.05) is 30.3 Å². The molecule has 0 saturated heterocycles. The number of nitrogens with zero attached hydrogens (tertiary/aromatic N) is 2. The van der Waals surface area contributed by atoms with Crippen molar-refractivity contribution in [1.29, 1.82) is 0 Å². The number of imidazole rings is 1. The number of nitrogens with one attached hydrogen (secondary N) is 2. The van der Waals surface area contributed by atoms with Gasteiger partial charge in [-0.05, 0) is 30.0 Å². The van der Waals surface area contributed by atoms with E-state index in [4.69, 9.17) is 0 Å². The minimum absolute atomic E-state index is 0.112. The van der Waals surface area contributed by atoms with Crippen LogP contribution in [0.1, 0.15) is 18.4 Å². The number of aromatic nitrogens is 4. The highest BCUT2D eigenvalue weighted by Crippen LogP contribution is 2.20. The van der Waals surface area contributed by atoms with Crippen molar-refractivity contribution < 1.29 is 0 Å². The van der Waals surface area contributed by atoms with Crippen LogP contribution in [0.15, 0.2) is 52.8 Å². The maximum atomic E-state index is 12.1. The summed E-state index contributed by atoms with van der Waals surface area (Å²) in [5.74, 6) is 1.38. The van der Waals surface area contributed by atoms with Crippen LogP contribution >= 0.6 is 11.3 Å². The molecule has 5 nitrogen and oxygen atoms in total. The smallest absolute Gasteiger partial charge is 0.259 e. The second-order valence-electron chi connectivity index (χ2n) is 5.43. The topological polar surface area (TPSA) is 74.4 Å². The summed E-state index contributed by atoms with van der Waals surface area (Å²) in [5, 5.41) is 2.50. The Kier molecular flexibility index (Phi) is 3.59. The standard InChI is InChI=1S/C18H14N4OS/c1-11(15-21-17(23)14-7-8-24-18(14)22-15)9-13-10-19-16(20-13)12-5-3-2-4-6-12/h2-10H,1H3,(H,19,20)(H,21,22,23). The predicted octanol–water partition coefficient (Wildman–Crippen LogP) is 3.94. The van der Waals surface area contributed by atoms with Crippen LogP contribution in [0.5, 0.6) is 0 Å². The zero-order valence-corrected chi connectivity index (χ0v) is 13.7. The lowest BCUT2D eigenvalue weighted by molar-refractivity contribution is 1.13. The molecule has 0 aliphatic heterocycles. The first-order chi connectivity index (χ1) is 11.7. The average molecular weight is 334 g/mol. The van der Waals surface area contributed by atoms with Gasteiger partial charge in [-0.25, -0.2) is 9.97 Å². The van der Waals surface area contributed by atoms with Crippen molar-refractivity contribution in [3.63, 3.8) is 0 Å². The van der Waals surface area contributed by atoms with Gasteiger partial charge in [-0.2, -0.15) is 0 Å². The quantitative estimate of drug-likeness (QED) is 0.596. The van der Waals surface area contributed by atoms with Crippen LogP contribution in [0, 0.1) is 0 Å². The molecule has 0 bridgehead atoms. The molecule has 1 aromatic carbocycles.